The lowest BCUT2D eigenvalue weighted by atomic mass is 10.1. The van der Waals surface area contributed by atoms with Crippen molar-refractivity contribution in [1.29, 1.82) is 0 Å². The number of nitrogens with two attached hydrogens (primary N) is 2. The van der Waals surface area contributed by atoms with Gasteiger partial charge in [-0.25, -0.2) is 4.98 Å². The van der Waals surface area contributed by atoms with Gasteiger partial charge in [-0.1, -0.05) is 6.42 Å². The summed E-state index contributed by atoms with van der Waals surface area (Å²) in [4.78, 5) is 16.5. The van der Waals surface area contributed by atoms with Crippen LogP contribution in [-0.2, 0) is 4.79 Å². The first kappa shape index (κ1) is 29.2. The Kier molecular flexibility index (Phi) is 11.3. The molecule has 34 heavy (non-hydrogen) atoms. The minimum atomic E-state index is -4.75. The normalized spacial score (nSPS) is 11.7. The van der Waals surface area contributed by atoms with Gasteiger partial charge in [0.05, 0.1) is 6.04 Å². The van der Waals surface area contributed by atoms with E-state index in [1.165, 1.54) is 24.3 Å². The van der Waals surface area contributed by atoms with Gasteiger partial charge in [0.1, 0.15) is 5.75 Å². The van der Waals surface area contributed by atoms with Gasteiger partial charge in [0.25, 0.3) is 0 Å². The first-order valence-electron chi connectivity index (χ1n) is 9.90. The number of H-pyrrole nitrogens is 1. The van der Waals surface area contributed by atoms with E-state index in [1.54, 1.807) is 24.3 Å². The molecule has 1 atom stereocenters. The van der Waals surface area contributed by atoms with E-state index in [1.807, 2.05) is 0 Å². The molecule has 0 spiro atoms. The molecule has 3 aromatic rings. The molecule has 1 amide bonds. The number of unbranched alkanes of at least 4 members (excludes halogenated alkanes) is 1. The molecule has 0 bridgehead atoms. The molecule has 0 aliphatic heterocycles. The Morgan fingerprint density at radius 2 is 1.65 bits per heavy atom. The van der Waals surface area contributed by atoms with Crippen LogP contribution in [0.1, 0.15) is 19.3 Å². The number of carbonyl (C=O) groups excluding carboxylic acids is 1. The second kappa shape index (κ2) is 13.1. The molecule has 1 heterocycles. The maximum absolute atomic E-state index is 12.3. The number of rotatable bonds is 9. The summed E-state index contributed by atoms with van der Waals surface area (Å²) in [6.07, 6.45) is -2.58. The minimum Gasteiger partial charge on any atom is -0.406 e. The molecule has 13 heteroatoms. The van der Waals surface area contributed by atoms with Crippen LogP contribution in [0, 0.1) is 0 Å². The fourth-order valence-electron chi connectivity index (χ4n) is 2.91. The summed E-state index contributed by atoms with van der Waals surface area (Å²) in [7, 11) is 0. The van der Waals surface area contributed by atoms with Crippen LogP contribution in [0.2, 0.25) is 0 Å². The van der Waals surface area contributed by atoms with Crippen LogP contribution in [0.15, 0.2) is 48.5 Å². The minimum absolute atomic E-state index is 0. The first-order valence-corrected chi connectivity index (χ1v) is 9.90. The van der Waals surface area contributed by atoms with E-state index in [9.17, 15) is 18.0 Å². The van der Waals surface area contributed by atoms with Crippen molar-refractivity contribution in [3.63, 3.8) is 0 Å². The number of ether oxygens (including phenoxy) is 1. The van der Waals surface area contributed by atoms with E-state index in [0.717, 1.165) is 12.8 Å². The predicted octanol–water partition coefficient (Wildman–Crippen LogP) is 4.28. The zero-order chi connectivity index (χ0) is 23.1. The molecule has 0 aliphatic carbocycles. The molecule has 0 unspecified atom stereocenters. The van der Waals surface area contributed by atoms with E-state index in [-0.39, 0.29) is 36.5 Å². The molecule has 1 aromatic heterocycles. The highest BCUT2D eigenvalue weighted by atomic mass is 35.5. The van der Waals surface area contributed by atoms with Gasteiger partial charge in [0, 0.05) is 16.8 Å². The summed E-state index contributed by atoms with van der Waals surface area (Å²) in [5, 5.41) is 9.66. The fraction of sp³-hybridized carbons (Fsp3) is 0.286. The number of hydrogen-bond donors (Lipinski definition) is 4. The largest absolute Gasteiger partial charge is 0.573 e. The Balaban J connectivity index is 0.00000289. The van der Waals surface area contributed by atoms with E-state index >= 15 is 0 Å². The lowest BCUT2D eigenvalue weighted by Crippen LogP contribution is -2.35. The summed E-state index contributed by atoms with van der Waals surface area (Å²) in [5.74, 6) is 0.190. The molecule has 2 aromatic carbocycles. The van der Waals surface area contributed by atoms with Crippen LogP contribution in [0.3, 0.4) is 0 Å². The topological polar surface area (TPSA) is 132 Å². The Bertz CT molecular complexity index is 1030. The molecular formula is C21H25Cl2F3N6O2. The van der Waals surface area contributed by atoms with Crippen molar-refractivity contribution in [2.75, 3.05) is 11.9 Å². The second-order valence-electron chi connectivity index (χ2n) is 7.04. The lowest BCUT2D eigenvalue weighted by molar-refractivity contribution is -0.274. The predicted molar refractivity (Wildman–Crippen MR) is 128 cm³/mol. The Labute approximate surface area is 206 Å². The fourth-order valence-corrected chi connectivity index (χ4v) is 2.91. The van der Waals surface area contributed by atoms with E-state index in [0.29, 0.717) is 41.4 Å². The molecule has 0 saturated heterocycles. The number of hydrogen-bond acceptors (Lipinski definition) is 6. The third-order valence-electron chi connectivity index (χ3n) is 4.56. The van der Waals surface area contributed by atoms with Crippen molar-refractivity contribution in [2.24, 2.45) is 11.5 Å². The van der Waals surface area contributed by atoms with Crippen LogP contribution in [-0.4, -0.2) is 40.0 Å². The van der Waals surface area contributed by atoms with Gasteiger partial charge in [-0.2, -0.15) is 5.10 Å². The molecule has 0 fully saturated rings. The Hall–Kier alpha value is -2.86. The zero-order valence-electron chi connectivity index (χ0n) is 17.8. The monoisotopic (exact) mass is 520 g/mol. The quantitative estimate of drug-likeness (QED) is 0.311. The Morgan fingerprint density at radius 1 is 1.03 bits per heavy atom. The van der Waals surface area contributed by atoms with Crippen molar-refractivity contribution in [2.45, 2.75) is 31.7 Å². The molecule has 0 radical (unpaired) electrons. The van der Waals surface area contributed by atoms with Crippen LogP contribution >= 0.6 is 24.8 Å². The van der Waals surface area contributed by atoms with Crippen LogP contribution in [0.4, 0.5) is 18.9 Å². The standard InChI is InChI=1S/C21H23F3N6O2.2ClH/c22-21(23,24)32-16-10-6-14(7-11-16)19-28-18(29-30-19)13-4-8-15(9-5-13)27-20(31)17(26)3-1-2-12-25;;/h4-11,17H,1-3,12,25-26H2,(H,27,31)(H,28,29,30);2*1H/t17-;;/m0../s1. The summed E-state index contributed by atoms with van der Waals surface area (Å²) in [6.45, 7) is 0.566. The number of aromatic amines is 1. The molecule has 0 aliphatic rings. The average Bonchev–Trinajstić information content (AvgIpc) is 3.24. The van der Waals surface area contributed by atoms with Gasteiger partial charge in [0.2, 0.25) is 5.91 Å². The van der Waals surface area contributed by atoms with Crippen LogP contribution in [0.25, 0.3) is 22.8 Å². The highest BCUT2D eigenvalue weighted by Crippen LogP contribution is 2.26. The molecular weight excluding hydrogens is 496 g/mol. The molecule has 0 saturated carbocycles. The van der Waals surface area contributed by atoms with Gasteiger partial charge in [-0.15, -0.1) is 38.0 Å². The summed E-state index contributed by atoms with van der Waals surface area (Å²) >= 11 is 0. The third-order valence-corrected chi connectivity index (χ3v) is 4.56. The van der Waals surface area contributed by atoms with E-state index in [2.05, 4.69) is 25.2 Å². The van der Waals surface area contributed by atoms with Crippen molar-refractivity contribution in [1.82, 2.24) is 15.2 Å². The van der Waals surface area contributed by atoms with Crippen LogP contribution in [0.5, 0.6) is 5.75 Å². The number of anilines is 1. The van der Waals surface area contributed by atoms with Gasteiger partial charge in [-0.3, -0.25) is 9.89 Å². The number of nitrogens with one attached hydrogen (secondary N) is 2. The molecule has 8 nitrogen and oxygen atoms in total. The lowest BCUT2D eigenvalue weighted by Gasteiger charge is -2.12. The first-order chi connectivity index (χ1) is 15.2. The number of amides is 1. The third kappa shape index (κ3) is 8.49. The number of aromatic nitrogens is 3. The maximum atomic E-state index is 12.3. The summed E-state index contributed by atoms with van der Waals surface area (Å²) < 4.78 is 40.7. The second-order valence-corrected chi connectivity index (χ2v) is 7.04. The van der Waals surface area contributed by atoms with Crippen molar-refractivity contribution in [3.05, 3.63) is 48.5 Å². The highest BCUT2D eigenvalue weighted by Gasteiger charge is 2.31. The summed E-state index contributed by atoms with van der Waals surface area (Å²) in [6, 6.07) is 11.6. The van der Waals surface area contributed by atoms with Crippen molar-refractivity contribution >= 4 is 36.4 Å². The van der Waals surface area contributed by atoms with Crippen molar-refractivity contribution in [3.8, 4) is 28.5 Å². The molecule has 186 valence electrons. The number of alkyl halides is 3. The van der Waals surface area contributed by atoms with E-state index in [4.69, 9.17) is 11.5 Å². The smallest absolute Gasteiger partial charge is 0.406 e. The highest BCUT2D eigenvalue weighted by molar-refractivity contribution is 5.94. The van der Waals surface area contributed by atoms with Gasteiger partial charge < -0.3 is 21.5 Å². The number of carbonyl (C=O) groups is 1. The van der Waals surface area contributed by atoms with Crippen LogP contribution < -0.4 is 21.5 Å². The SMILES string of the molecule is Cl.Cl.NCCCC[C@H](N)C(=O)Nc1ccc(-c2nc(-c3ccc(OC(F)(F)F)cc3)n[nH]2)cc1. The molecule has 6 N–H and O–H groups in total. The van der Waals surface area contributed by atoms with Gasteiger partial charge in [0.15, 0.2) is 11.6 Å². The Morgan fingerprint density at radius 3 is 2.24 bits per heavy atom. The zero-order valence-corrected chi connectivity index (χ0v) is 19.5. The summed E-state index contributed by atoms with van der Waals surface area (Å²) in [5.41, 5.74) is 13.2. The molecule has 3 rings (SSSR count). The van der Waals surface area contributed by atoms with E-state index < -0.39 is 12.4 Å². The number of benzene rings is 2. The maximum Gasteiger partial charge on any atom is 0.573 e. The van der Waals surface area contributed by atoms with Gasteiger partial charge in [-0.05, 0) is 67.9 Å². The average molecular weight is 521 g/mol. The van der Waals surface area contributed by atoms with Gasteiger partial charge >= 0.3 is 6.36 Å². The number of nitrogens with zero attached hydrogens (tertiary/aromatic N) is 2. The number of halogens is 5. The van der Waals surface area contributed by atoms with Crippen molar-refractivity contribution < 1.29 is 22.7 Å².